The normalized spacial score (nSPS) is 24.3. The van der Waals surface area contributed by atoms with Crippen LogP contribution in [0.5, 0.6) is 0 Å². The molecule has 56 heavy (non-hydrogen) atoms. The Morgan fingerprint density at radius 2 is 1.88 bits per heavy atom. The summed E-state index contributed by atoms with van der Waals surface area (Å²) in [6.45, 7) is 7.15. The van der Waals surface area contributed by atoms with E-state index >= 15 is 0 Å². The van der Waals surface area contributed by atoms with Crippen LogP contribution >= 0.6 is 0 Å². The smallest absolute Gasteiger partial charge is 0.328 e. The molecule has 292 valence electrons. The fourth-order valence-corrected chi connectivity index (χ4v) is 8.36. The zero-order valence-corrected chi connectivity index (χ0v) is 30.8. The van der Waals surface area contributed by atoms with E-state index in [2.05, 4.69) is 52.4 Å². The van der Waals surface area contributed by atoms with Crippen LogP contribution in [0.15, 0.2) is 48.9 Å². The highest BCUT2D eigenvalue weighted by Crippen LogP contribution is 2.36. The van der Waals surface area contributed by atoms with Crippen LogP contribution in [-0.4, -0.2) is 123 Å². The number of morpholine rings is 1. The van der Waals surface area contributed by atoms with Crippen LogP contribution < -0.4 is 20.4 Å². The van der Waals surface area contributed by atoms with E-state index in [1.807, 2.05) is 30.3 Å². The summed E-state index contributed by atoms with van der Waals surface area (Å²) in [5.41, 5.74) is 1.66. The third-order valence-electron chi connectivity index (χ3n) is 11.7. The summed E-state index contributed by atoms with van der Waals surface area (Å²) in [5.74, 6) is 6.92. The van der Waals surface area contributed by atoms with Crippen molar-refractivity contribution >= 4 is 40.7 Å². The lowest BCUT2D eigenvalue weighted by atomic mass is 9.85. The number of ether oxygens (including phenoxy) is 1. The maximum atomic E-state index is 14.2. The standard InChI is InChI=1S/C39H43F2N11O4/c40-36(41)35-30(43-38(54)29-20-42-51-14-10-33(44-37(29)51)50-23-32-31(50)24-56-32)22-52(46-35)27-8-6-26(7-9-27)21-48-17-15-47(16-18-48)12-2-4-25-3-1-5-28(19-25)49-13-11-34(53)45-39(49)55/h1,3,5,10,14,19-20,22,26-27,31-32,36H,6-9,11-13,15-18,21,23-24H2,(H,43,54)(H,45,53,55)/t26?,27?,31?,32-/m0/s1. The molecule has 7 heterocycles. The molecule has 1 aromatic carbocycles. The summed E-state index contributed by atoms with van der Waals surface area (Å²) in [7, 11) is 0. The highest BCUT2D eigenvalue weighted by molar-refractivity contribution is 6.08. The van der Waals surface area contributed by atoms with Gasteiger partial charge in [-0.05, 0) is 55.9 Å². The molecule has 4 amide bonds. The maximum absolute atomic E-state index is 14.2. The molecular formula is C39H43F2N11O4. The van der Waals surface area contributed by atoms with Crippen LogP contribution in [-0.2, 0) is 9.53 Å². The number of rotatable bonds is 9. The van der Waals surface area contributed by atoms with Gasteiger partial charge in [-0.3, -0.25) is 29.4 Å². The van der Waals surface area contributed by atoms with Crippen molar-refractivity contribution in [3.05, 3.63) is 65.7 Å². The summed E-state index contributed by atoms with van der Waals surface area (Å²) < 4.78 is 37.0. The number of halogens is 2. The highest BCUT2D eigenvalue weighted by atomic mass is 19.3. The molecule has 17 heteroatoms. The monoisotopic (exact) mass is 767 g/mol. The van der Waals surface area contributed by atoms with Gasteiger partial charge in [0.1, 0.15) is 11.4 Å². The quantitative estimate of drug-likeness (QED) is 0.243. The minimum absolute atomic E-state index is 0.00106. The molecule has 0 spiro atoms. The van der Waals surface area contributed by atoms with Crippen molar-refractivity contribution in [1.29, 1.82) is 0 Å². The third kappa shape index (κ3) is 7.31. The van der Waals surface area contributed by atoms with Crippen molar-refractivity contribution in [3.63, 3.8) is 0 Å². The Morgan fingerprint density at radius 1 is 1.05 bits per heavy atom. The summed E-state index contributed by atoms with van der Waals surface area (Å²) >= 11 is 0. The van der Waals surface area contributed by atoms with Crippen LogP contribution in [0.4, 0.5) is 30.8 Å². The van der Waals surface area contributed by atoms with Gasteiger partial charge >= 0.3 is 6.03 Å². The molecule has 9 rings (SSSR count). The topological polar surface area (TPSA) is 145 Å². The number of carbonyl (C=O) groups excluding carboxylic acids is 3. The zero-order chi connectivity index (χ0) is 38.3. The van der Waals surface area contributed by atoms with Crippen molar-refractivity contribution < 1.29 is 27.9 Å². The second kappa shape index (κ2) is 15.2. The van der Waals surface area contributed by atoms with E-state index in [4.69, 9.17) is 4.74 Å². The number of amides is 4. The first-order valence-corrected chi connectivity index (χ1v) is 19.3. The number of alkyl halides is 2. The van der Waals surface area contributed by atoms with Crippen LogP contribution in [0.2, 0.25) is 0 Å². The van der Waals surface area contributed by atoms with E-state index in [-0.39, 0.29) is 35.7 Å². The third-order valence-corrected chi connectivity index (χ3v) is 11.7. The highest BCUT2D eigenvalue weighted by Gasteiger charge is 2.48. The summed E-state index contributed by atoms with van der Waals surface area (Å²) in [4.78, 5) is 50.4. The Morgan fingerprint density at radius 3 is 2.61 bits per heavy atom. The number of nitrogens with zero attached hydrogens (tertiary/aromatic N) is 9. The van der Waals surface area contributed by atoms with E-state index in [1.165, 1.54) is 10.7 Å². The minimum Gasteiger partial charge on any atom is -0.372 e. The number of fused-ring (bicyclic) bond motifs is 2. The molecule has 0 radical (unpaired) electrons. The predicted molar refractivity (Wildman–Crippen MR) is 202 cm³/mol. The van der Waals surface area contributed by atoms with Crippen LogP contribution in [0.1, 0.15) is 66.2 Å². The number of nitrogens with one attached hydrogen (secondary N) is 2. The van der Waals surface area contributed by atoms with Gasteiger partial charge in [0.15, 0.2) is 11.3 Å². The number of aromatic nitrogens is 5. The van der Waals surface area contributed by atoms with Gasteiger partial charge in [-0.25, -0.2) is 23.1 Å². The fraction of sp³-hybridized carbons (Fsp3) is 0.487. The first-order chi connectivity index (χ1) is 27.3. The lowest BCUT2D eigenvalue weighted by molar-refractivity contribution is -0.120. The van der Waals surface area contributed by atoms with Gasteiger partial charge in [-0.2, -0.15) is 10.2 Å². The van der Waals surface area contributed by atoms with Crippen molar-refractivity contribution in [2.75, 3.05) is 74.1 Å². The number of carbonyl (C=O) groups is 3. The molecule has 15 nitrogen and oxygen atoms in total. The van der Waals surface area contributed by atoms with E-state index in [9.17, 15) is 23.2 Å². The van der Waals surface area contributed by atoms with Crippen molar-refractivity contribution in [1.82, 2.24) is 39.5 Å². The second-order valence-electron chi connectivity index (χ2n) is 15.2. The molecule has 1 saturated carbocycles. The lowest BCUT2D eigenvalue weighted by Crippen LogP contribution is -2.71. The molecule has 4 aromatic rings. The minimum atomic E-state index is -2.85. The van der Waals surface area contributed by atoms with Crippen molar-refractivity contribution in [2.24, 2.45) is 5.92 Å². The number of piperazine rings is 1. The number of urea groups is 1. The van der Waals surface area contributed by atoms with Crippen molar-refractivity contribution in [3.8, 4) is 11.8 Å². The van der Waals surface area contributed by atoms with Gasteiger partial charge in [-0.15, -0.1) is 0 Å². The maximum Gasteiger partial charge on any atom is 0.328 e. The molecule has 3 aromatic heterocycles. The zero-order valence-electron chi connectivity index (χ0n) is 30.8. The van der Waals surface area contributed by atoms with Gasteiger partial charge in [-0.1, -0.05) is 17.9 Å². The van der Waals surface area contributed by atoms with Crippen LogP contribution in [0.25, 0.3) is 5.65 Å². The molecular weight excluding hydrogens is 724 g/mol. The van der Waals surface area contributed by atoms with Crippen molar-refractivity contribution in [2.45, 2.75) is 56.7 Å². The van der Waals surface area contributed by atoms with Gasteiger partial charge in [0.05, 0.1) is 43.2 Å². The number of hydrogen-bond acceptors (Lipinski definition) is 10. The average molecular weight is 768 g/mol. The van der Waals surface area contributed by atoms with E-state index in [0.29, 0.717) is 37.3 Å². The second-order valence-corrected chi connectivity index (χ2v) is 15.2. The molecule has 2 N–H and O–H groups in total. The number of imide groups is 1. The van der Waals surface area contributed by atoms with Gasteiger partial charge < -0.3 is 19.9 Å². The molecule has 0 bridgehead atoms. The van der Waals surface area contributed by atoms with E-state index in [1.54, 1.807) is 22.0 Å². The Hall–Kier alpha value is -5.44. The number of benzene rings is 1. The first kappa shape index (κ1) is 36.2. The van der Waals surface area contributed by atoms with E-state index < -0.39 is 24.1 Å². The Balaban J connectivity index is 0.748. The Bertz CT molecular complexity index is 2200. The SMILES string of the molecule is O=C1CCN(c2cccc(C#CCN3CCN(CC4CCC(n5cc(NC(=O)c6cnn7ccc(N8C[C@@H]9OCC98)nc67)c(C(F)F)n5)CC4)CC3)c2)C(=O)N1. The predicted octanol–water partition coefficient (Wildman–Crippen LogP) is 3.55. The average Bonchev–Trinajstić information content (AvgIpc) is 3.82. The molecule has 5 fully saturated rings. The fourth-order valence-electron chi connectivity index (χ4n) is 8.36. The summed E-state index contributed by atoms with van der Waals surface area (Å²) in [5, 5.41) is 13.6. The van der Waals surface area contributed by atoms with Crippen LogP contribution in [0.3, 0.4) is 0 Å². The summed E-state index contributed by atoms with van der Waals surface area (Å²) in [6.07, 6.45) is 5.93. The number of hydrogen-bond donors (Lipinski definition) is 2. The molecule has 5 aliphatic rings. The Kier molecular flexibility index (Phi) is 9.86. The first-order valence-electron chi connectivity index (χ1n) is 19.3. The molecule has 1 unspecified atom stereocenters. The molecule has 4 aliphatic heterocycles. The van der Waals surface area contributed by atoms with Crippen LogP contribution in [0, 0.1) is 17.8 Å². The Labute approximate surface area is 321 Å². The number of anilines is 3. The molecule has 1 aliphatic carbocycles. The molecule has 4 saturated heterocycles. The van der Waals surface area contributed by atoms with E-state index in [0.717, 1.165) is 82.0 Å². The largest absolute Gasteiger partial charge is 0.372 e. The summed E-state index contributed by atoms with van der Waals surface area (Å²) in [6, 6.07) is 9.21. The molecule has 2 atom stereocenters. The van der Waals surface area contributed by atoms with Gasteiger partial charge in [0, 0.05) is 75.9 Å². The lowest BCUT2D eigenvalue weighted by Gasteiger charge is -2.55. The van der Waals surface area contributed by atoms with Gasteiger partial charge in [0.2, 0.25) is 5.91 Å². The van der Waals surface area contributed by atoms with Gasteiger partial charge in [0.25, 0.3) is 12.3 Å².